The second-order valence-corrected chi connectivity index (χ2v) is 8.87. The Labute approximate surface area is 208 Å². The Morgan fingerprint density at radius 1 is 0.914 bits per heavy atom. The van der Waals surface area contributed by atoms with Crippen LogP contribution in [-0.2, 0) is 28.5 Å². The normalized spacial score (nSPS) is 25.5. The standard InChI is InChI=1S/C25H44O10/c1-3-4-5-6-7-8-9-10-11-12-13-14-21(28)34-19(16-32-18(2)27)17-33-25-24(31)23(30)22(29)20(15-26)35-25/h6-7,19-20,22-26,29-31H,3-5,8-17H2,1-2H3/b7-6-. The number of aliphatic hydroxyl groups excluding tert-OH is 4. The molecule has 0 saturated carbocycles. The minimum Gasteiger partial charge on any atom is -0.462 e. The van der Waals surface area contributed by atoms with Crippen LogP contribution in [0.25, 0.3) is 0 Å². The molecule has 10 nitrogen and oxygen atoms in total. The fourth-order valence-corrected chi connectivity index (χ4v) is 3.60. The predicted octanol–water partition coefficient (Wildman–Crippen LogP) is 1.75. The number of aliphatic hydroxyl groups is 4. The van der Waals surface area contributed by atoms with Crippen LogP contribution < -0.4 is 0 Å². The monoisotopic (exact) mass is 504 g/mol. The molecule has 1 aliphatic heterocycles. The van der Waals surface area contributed by atoms with Crippen LogP contribution in [0, 0.1) is 0 Å². The summed E-state index contributed by atoms with van der Waals surface area (Å²) < 4.78 is 21.0. The molecule has 0 spiro atoms. The fourth-order valence-electron chi connectivity index (χ4n) is 3.60. The van der Waals surface area contributed by atoms with Gasteiger partial charge in [0.2, 0.25) is 0 Å². The Morgan fingerprint density at radius 2 is 1.57 bits per heavy atom. The van der Waals surface area contributed by atoms with Crippen molar-refractivity contribution in [1.29, 1.82) is 0 Å². The highest BCUT2D eigenvalue weighted by molar-refractivity contribution is 5.69. The van der Waals surface area contributed by atoms with Crippen LogP contribution in [0.3, 0.4) is 0 Å². The van der Waals surface area contributed by atoms with Crippen molar-refractivity contribution in [2.45, 2.75) is 115 Å². The number of unbranched alkanes of at least 4 members (excludes halogenated alkanes) is 7. The summed E-state index contributed by atoms with van der Waals surface area (Å²) in [5, 5.41) is 39.0. The van der Waals surface area contributed by atoms with Crippen LogP contribution in [0.15, 0.2) is 12.2 Å². The molecule has 0 aliphatic carbocycles. The zero-order valence-electron chi connectivity index (χ0n) is 21.0. The quantitative estimate of drug-likeness (QED) is 0.123. The van der Waals surface area contributed by atoms with E-state index in [1.54, 1.807) is 0 Å². The van der Waals surface area contributed by atoms with Gasteiger partial charge in [-0.1, -0.05) is 51.2 Å². The highest BCUT2D eigenvalue weighted by Gasteiger charge is 2.44. The van der Waals surface area contributed by atoms with Gasteiger partial charge in [0.15, 0.2) is 12.4 Å². The third kappa shape index (κ3) is 13.4. The van der Waals surface area contributed by atoms with E-state index in [2.05, 4.69) is 19.1 Å². The predicted molar refractivity (Wildman–Crippen MR) is 127 cm³/mol. The first-order chi connectivity index (χ1) is 16.8. The van der Waals surface area contributed by atoms with Gasteiger partial charge < -0.3 is 39.4 Å². The number of carbonyl (C=O) groups is 2. The van der Waals surface area contributed by atoms with Crippen LogP contribution >= 0.6 is 0 Å². The molecular weight excluding hydrogens is 460 g/mol. The van der Waals surface area contributed by atoms with Crippen LogP contribution in [0.4, 0.5) is 0 Å². The second-order valence-electron chi connectivity index (χ2n) is 8.87. The molecule has 6 unspecified atom stereocenters. The molecule has 1 rings (SSSR count). The van der Waals surface area contributed by atoms with Gasteiger partial charge in [-0.3, -0.25) is 9.59 Å². The molecule has 6 atom stereocenters. The summed E-state index contributed by atoms with van der Waals surface area (Å²) in [6.07, 6.45) is 6.11. The first-order valence-electron chi connectivity index (χ1n) is 12.7. The van der Waals surface area contributed by atoms with Gasteiger partial charge in [-0.15, -0.1) is 0 Å². The van der Waals surface area contributed by atoms with E-state index in [0.29, 0.717) is 6.42 Å². The van der Waals surface area contributed by atoms with Crippen molar-refractivity contribution >= 4 is 11.9 Å². The van der Waals surface area contributed by atoms with Crippen molar-refractivity contribution in [2.24, 2.45) is 0 Å². The fraction of sp³-hybridized carbons (Fsp3) is 0.840. The Kier molecular flexibility index (Phi) is 16.8. The summed E-state index contributed by atoms with van der Waals surface area (Å²) in [6.45, 7) is 2.28. The molecule has 0 aromatic rings. The zero-order chi connectivity index (χ0) is 26.1. The van der Waals surface area contributed by atoms with Crippen LogP contribution in [-0.4, -0.2) is 89.0 Å². The summed E-state index contributed by atoms with van der Waals surface area (Å²) in [6, 6.07) is 0. The van der Waals surface area contributed by atoms with Gasteiger partial charge in [0.05, 0.1) is 13.2 Å². The Hall–Kier alpha value is -1.56. The van der Waals surface area contributed by atoms with Crippen LogP contribution in [0.1, 0.15) is 78.1 Å². The van der Waals surface area contributed by atoms with Crippen molar-refractivity contribution < 1.29 is 49.0 Å². The first-order valence-corrected chi connectivity index (χ1v) is 12.7. The number of hydrogen-bond acceptors (Lipinski definition) is 10. The molecule has 10 heteroatoms. The molecule has 0 bridgehead atoms. The first kappa shape index (κ1) is 31.5. The maximum Gasteiger partial charge on any atom is 0.306 e. The van der Waals surface area contributed by atoms with Crippen molar-refractivity contribution in [3.05, 3.63) is 12.2 Å². The maximum absolute atomic E-state index is 12.3. The molecule has 1 heterocycles. The van der Waals surface area contributed by atoms with E-state index in [4.69, 9.17) is 18.9 Å². The van der Waals surface area contributed by atoms with Gasteiger partial charge in [0, 0.05) is 13.3 Å². The van der Waals surface area contributed by atoms with Crippen molar-refractivity contribution in [2.75, 3.05) is 19.8 Å². The lowest BCUT2D eigenvalue weighted by Crippen LogP contribution is -2.59. The highest BCUT2D eigenvalue weighted by atomic mass is 16.7. The van der Waals surface area contributed by atoms with E-state index in [1.807, 2.05) is 0 Å². The molecule has 35 heavy (non-hydrogen) atoms. The van der Waals surface area contributed by atoms with E-state index < -0.39 is 55.4 Å². The number of hydrogen-bond donors (Lipinski definition) is 4. The molecule has 1 saturated heterocycles. The lowest BCUT2D eigenvalue weighted by atomic mass is 9.99. The minimum atomic E-state index is -1.59. The van der Waals surface area contributed by atoms with Gasteiger partial charge in [-0.2, -0.15) is 0 Å². The molecule has 204 valence electrons. The lowest BCUT2D eigenvalue weighted by Gasteiger charge is -2.39. The molecular formula is C25H44O10. The van der Waals surface area contributed by atoms with Crippen molar-refractivity contribution in [1.82, 2.24) is 0 Å². The molecule has 0 aromatic carbocycles. The van der Waals surface area contributed by atoms with Crippen molar-refractivity contribution in [3.8, 4) is 0 Å². The summed E-state index contributed by atoms with van der Waals surface area (Å²) in [5.41, 5.74) is 0. The van der Waals surface area contributed by atoms with Gasteiger partial charge in [0.1, 0.15) is 31.0 Å². The maximum atomic E-state index is 12.3. The Bertz CT molecular complexity index is 609. The smallest absolute Gasteiger partial charge is 0.306 e. The van der Waals surface area contributed by atoms with Crippen LogP contribution in [0.5, 0.6) is 0 Å². The number of esters is 2. The average molecular weight is 505 g/mol. The zero-order valence-corrected chi connectivity index (χ0v) is 21.0. The minimum absolute atomic E-state index is 0.216. The van der Waals surface area contributed by atoms with Crippen LogP contribution in [0.2, 0.25) is 0 Å². The van der Waals surface area contributed by atoms with Crippen molar-refractivity contribution in [3.63, 3.8) is 0 Å². The Morgan fingerprint density at radius 3 is 2.23 bits per heavy atom. The summed E-state index contributed by atoms with van der Waals surface area (Å²) in [5.74, 6) is -1.02. The average Bonchev–Trinajstić information content (AvgIpc) is 2.83. The number of carbonyl (C=O) groups excluding carboxylic acids is 2. The van der Waals surface area contributed by atoms with E-state index in [9.17, 15) is 30.0 Å². The highest BCUT2D eigenvalue weighted by Crippen LogP contribution is 2.22. The summed E-state index contributed by atoms with van der Waals surface area (Å²) in [7, 11) is 0. The lowest BCUT2D eigenvalue weighted by molar-refractivity contribution is -0.305. The van der Waals surface area contributed by atoms with Gasteiger partial charge in [-0.05, 0) is 25.7 Å². The molecule has 1 fully saturated rings. The number of ether oxygens (including phenoxy) is 4. The van der Waals surface area contributed by atoms with Gasteiger partial charge in [-0.25, -0.2) is 0 Å². The molecule has 0 amide bonds. The summed E-state index contributed by atoms with van der Waals surface area (Å²) >= 11 is 0. The van der Waals surface area contributed by atoms with Gasteiger partial charge in [0.25, 0.3) is 0 Å². The third-order valence-electron chi connectivity index (χ3n) is 5.71. The molecule has 0 aromatic heterocycles. The number of rotatable bonds is 18. The van der Waals surface area contributed by atoms with E-state index >= 15 is 0 Å². The SMILES string of the molecule is CCCC/C=C\CCCCCCCC(=O)OC(COC(C)=O)COC1OC(CO)C(O)C(O)C1O. The molecule has 0 radical (unpaired) electrons. The third-order valence-corrected chi connectivity index (χ3v) is 5.71. The Balaban J connectivity index is 2.35. The van der Waals surface area contributed by atoms with E-state index in [0.717, 1.165) is 38.5 Å². The molecule has 1 aliphatic rings. The second kappa shape index (κ2) is 18.7. The number of allylic oxidation sites excluding steroid dienone is 2. The van der Waals surface area contributed by atoms with Gasteiger partial charge >= 0.3 is 11.9 Å². The van der Waals surface area contributed by atoms with E-state index in [-0.39, 0.29) is 19.6 Å². The largest absolute Gasteiger partial charge is 0.462 e. The van der Waals surface area contributed by atoms with E-state index in [1.165, 1.54) is 19.8 Å². The molecule has 4 N–H and O–H groups in total. The summed E-state index contributed by atoms with van der Waals surface area (Å²) in [4.78, 5) is 23.4. The topological polar surface area (TPSA) is 152 Å².